The number of benzene rings is 1. The maximum atomic E-state index is 13.2. The molecule has 2 rings (SSSR count). The molecule has 0 aliphatic heterocycles. The van der Waals surface area contributed by atoms with Crippen LogP contribution in [0.4, 0.5) is 4.39 Å². The lowest BCUT2D eigenvalue weighted by molar-refractivity contribution is 0.276. The first-order valence-electron chi connectivity index (χ1n) is 5.02. The molecule has 0 aliphatic carbocycles. The zero-order chi connectivity index (χ0) is 11.5. The molecule has 82 valence electrons. The second kappa shape index (κ2) is 4.41. The number of aryl methyl sites for hydroxylation is 1. The third-order valence-electron chi connectivity index (χ3n) is 2.57. The van der Waals surface area contributed by atoms with Gasteiger partial charge in [0.1, 0.15) is 5.82 Å². The normalized spacial score (nSPS) is 10.4. The first kappa shape index (κ1) is 10.8. The van der Waals surface area contributed by atoms with E-state index in [2.05, 4.69) is 4.98 Å². The van der Waals surface area contributed by atoms with E-state index >= 15 is 0 Å². The van der Waals surface area contributed by atoms with Gasteiger partial charge in [0.05, 0.1) is 6.61 Å². The lowest BCUT2D eigenvalue weighted by Gasteiger charge is -2.07. The Balaban J connectivity index is 2.53. The van der Waals surface area contributed by atoms with E-state index in [1.807, 2.05) is 13.0 Å². The van der Waals surface area contributed by atoms with Gasteiger partial charge in [-0.15, -0.1) is 0 Å². The number of nitrogens with zero attached hydrogens (tertiary/aromatic N) is 1. The van der Waals surface area contributed by atoms with Gasteiger partial charge in [0.15, 0.2) is 0 Å². The molecular formula is C13H12FNO. The van der Waals surface area contributed by atoms with E-state index in [0.717, 1.165) is 16.7 Å². The SMILES string of the molecule is Cc1ccncc1-c1ccc(F)c(CO)c1. The smallest absolute Gasteiger partial charge is 0.128 e. The summed E-state index contributed by atoms with van der Waals surface area (Å²) in [5.41, 5.74) is 3.21. The van der Waals surface area contributed by atoms with Crippen molar-refractivity contribution in [2.24, 2.45) is 0 Å². The second-order valence-electron chi connectivity index (χ2n) is 3.65. The minimum atomic E-state index is -0.382. The first-order chi connectivity index (χ1) is 7.72. The van der Waals surface area contributed by atoms with Gasteiger partial charge in [-0.1, -0.05) is 6.07 Å². The second-order valence-corrected chi connectivity index (χ2v) is 3.65. The molecular weight excluding hydrogens is 205 g/mol. The predicted octanol–water partition coefficient (Wildman–Crippen LogP) is 2.69. The molecule has 0 saturated carbocycles. The summed E-state index contributed by atoms with van der Waals surface area (Å²) in [6.45, 7) is 1.68. The number of aliphatic hydroxyl groups excluding tert-OH is 1. The summed E-state index contributed by atoms with van der Waals surface area (Å²) < 4.78 is 13.2. The molecule has 0 spiro atoms. The fourth-order valence-electron chi connectivity index (χ4n) is 1.63. The molecule has 0 aliphatic rings. The third-order valence-corrected chi connectivity index (χ3v) is 2.57. The average molecular weight is 217 g/mol. The summed E-state index contributed by atoms with van der Waals surface area (Å²) in [7, 11) is 0. The minimum Gasteiger partial charge on any atom is -0.392 e. The zero-order valence-corrected chi connectivity index (χ0v) is 8.94. The van der Waals surface area contributed by atoms with E-state index in [1.54, 1.807) is 24.5 Å². The van der Waals surface area contributed by atoms with Crippen molar-refractivity contribution >= 4 is 0 Å². The third kappa shape index (κ3) is 1.95. The van der Waals surface area contributed by atoms with Gasteiger partial charge in [-0.25, -0.2) is 4.39 Å². The van der Waals surface area contributed by atoms with Gasteiger partial charge < -0.3 is 5.11 Å². The highest BCUT2D eigenvalue weighted by Gasteiger charge is 2.06. The molecule has 0 fully saturated rings. The molecule has 1 aromatic heterocycles. The molecule has 16 heavy (non-hydrogen) atoms. The van der Waals surface area contributed by atoms with Crippen molar-refractivity contribution in [3.8, 4) is 11.1 Å². The van der Waals surface area contributed by atoms with Crippen LogP contribution in [0.2, 0.25) is 0 Å². The van der Waals surface area contributed by atoms with Gasteiger partial charge in [-0.05, 0) is 36.2 Å². The Morgan fingerprint density at radius 3 is 2.81 bits per heavy atom. The van der Waals surface area contributed by atoms with Crippen LogP contribution < -0.4 is 0 Å². The van der Waals surface area contributed by atoms with E-state index in [9.17, 15) is 4.39 Å². The molecule has 1 aromatic carbocycles. The number of rotatable bonds is 2. The van der Waals surface area contributed by atoms with E-state index in [4.69, 9.17) is 5.11 Å². The summed E-state index contributed by atoms with van der Waals surface area (Å²) in [4.78, 5) is 4.04. The average Bonchev–Trinajstić information content (AvgIpc) is 2.31. The Bertz CT molecular complexity index is 511. The highest BCUT2D eigenvalue weighted by Crippen LogP contribution is 2.24. The topological polar surface area (TPSA) is 33.1 Å². The minimum absolute atomic E-state index is 0.293. The van der Waals surface area contributed by atoms with Gasteiger partial charge in [0.2, 0.25) is 0 Å². The molecule has 0 amide bonds. The summed E-state index contributed by atoms with van der Waals surface area (Å²) in [6, 6.07) is 6.61. The number of halogens is 1. The number of aromatic nitrogens is 1. The Hall–Kier alpha value is -1.74. The van der Waals surface area contributed by atoms with E-state index < -0.39 is 0 Å². The summed E-state index contributed by atoms with van der Waals surface area (Å²) in [5.74, 6) is -0.382. The Morgan fingerprint density at radius 1 is 1.31 bits per heavy atom. The quantitative estimate of drug-likeness (QED) is 0.839. The largest absolute Gasteiger partial charge is 0.392 e. The van der Waals surface area contributed by atoms with Crippen LogP contribution in [0.3, 0.4) is 0 Å². The van der Waals surface area contributed by atoms with Crippen molar-refractivity contribution in [3.05, 3.63) is 53.6 Å². The standard InChI is InChI=1S/C13H12FNO/c1-9-4-5-15-7-12(9)10-2-3-13(14)11(6-10)8-16/h2-7,16H,8H2,1H3. The maximum Gasteiger partial charge on any atom is 0.128 e. The van der Waals surface area contributed by atoms with Gasteiger partial charge in [0.25, 0.3) is 0 Å². The van der Waals surface area contributed by atoms with Crippen LogP contribution in [0.15, 0.2) is 36.7 Å². The number of pyridine rings is 1. The van der Waals surface area contributed by atoms with E-state index in [-0.39, 0.29) is 12.4 Å². The Kier molecular flexibility index (Phi) is 2.97. The molecule has 0 bridgehead atoms. The van der Waals surface area contributed by atoms with Crippen molar-refractivity contribution < 1.29 is 9.50 Å². The van der Waals surface area contributed by atoms with Crippen LogP contribution in [-0.2, 0) is 6.61 Å². The van der Waals surface area contributed by atoms with E-state index in [1.165, 1.54) is 6.07 Å². The van der Waals surface area contributed by atoms with Gasteiger partial charge in [0, 0.05) is 23.5 Å². The molecule has 2 aromatic rings. The molecule has 1 heterocycles. The highest BCUT2D eigenvalue weighted by molar-refractivity contribution is 5.66. The maximum absolute atomic E-state index is 13.2. The summed E-state index contributed by atoms with van der Waals surface area (Å²) in [5, 5.41) is 9.00. The summed E-state index contributed by atoms with van der Waals surface area (Å²) in [6.07, 6.45) is 3.46. The Morgan fingerprint density at radius 2 is 2.12 bits per heavy atom. The van der Waals surface area contributed by atoms with Crippen molar-refractivity contribution in [2.45, 2.75) is 13.5 Å². The van der Waals surface area contributed by atoms with Crippen LogP contribution in [0.25, 0.3) is 11.1 Å². The van der Waals surface area contributed by atoms with Crippen LogP contribution in [0, 0.1) is 12.7 Å². The molecule has 2 nitrogen and oxygen atoms in total. The van der Waals surface area contributed by atoms with Crippen LogP contribution in [0.5, 0.6) is 0 Å². The van der Waals surface area contributed by atoms with Gasteiger partial charge in [-0.3, -0.25) is 4.98 Å². The van der Waals surface area contributed by atoms with E-state index in [0.29, 0.717) is 5.56 Å². The van der Waals surface area contributed by atoms with Crippen molar-refractivity contribution in [2.75, 3.05) is 0 Å². The summed E-state index contributed by atoms with van der Waals surface area (Å²) >= 11 is 0. The Labute approximate surface area is 93.4 Å². The van der Waals surface area contributed by atoms with Gasteiger partial charge in [-0.2, -0.15) is 0 Å². The number of aliphatic hydroxyl groups is 1. The highest BCUT2D eigenvalue weighted by atomic mass is 19.1. The molecule has 3 heteroatoms. The monoisotopic (exact) mass is 217 g/mol. The lowest BCUT2D eigenvalue weighted by atomic mass is 10.0. The van der Waals surface area contributed by atoms with Gasteiger partial charge >= 0.3 is 0 Å². The lowest BCUT2D eigenvalue weighted by Crippen LogP contribution is -1.92. The molecule has 0 atom stereocenters. The van der Waals surface area contributed by atoms with Crippen molar-refractivity contribution in [1.82, 2.24) is 4.98 Å². The molecule has 0 radical (unpaired) electrons. The number of hydrogen-bond acceptors (Lipinski definition) is 2. The first-order valence-corrected chi connectivity index (χ1v) is 5.02. The van der Waals surface area contributed by atoms with Crippen LogP contribution in [0.1, 0.15) is 11.1 Å². The fraction of sp³-hybridized carbons (Fsp3) is 0.154. The van der Waals surface area contributed by atoms with Crippen molar-refractivity contribution in [3.63, 3.8) is 0 Å². The molecule has 0 unspecified atom stereocenters. The predicted molar refractivity (Wildman–Crippen MR) is 60.3 cm³/mol. The van der Waals surface area contributed by atoms with Crippen molar-refractivity contribution in [1.29, 1.82) is 0 Å². The fourth-order valence-corrected chi connectivity index (χ4v) is 1.63. The van der Waals surface area contributed by atoms with Crippen LogP contribution >= 0.6 is 0 Å². The molecule has 1 N–H and O–H groups in total. The zero-order valence-electron chi connectivity index (χ0n) is 8.94. The van der Waals surface area contributed by atoms with Crippen LogP contribution in [-0.4, -0.2) is 10.1 Å². The molecule has 0 saturated heterocycles. The number of hydrogen-bond donors (Lipinski definition) is 1.